The first kappa shape index (κ1) is 23.0. The van der Waals surface area contributed by atoms with Crippen molar-refractivity contribution >= 4 is 37.9 Å². The molecule has 0 bridgehead atoms. The zero-order valence-corrected chi connectivity index (χ0v) is 21.4. The fourth-order valence-corrected chi connectivity index (χ4v) is 9.13. The summed E-state index contributed by atoms with van der Waals surface area (Å²) >= 11 is 7.07. The maximum atomic E-state index is 7.07. The minimum Gasteiger partial charge on any atom is -0.278 e. The highest BCUT2D eigenvalue weighted by Crippen LogP contribution is 2.36. The van der Waals surface area contributed by atoms with E-state index in [1.807, 2.05) is 0 Å². The SMILES string of the molecule is C/C(=C(\c1ccccc1)[Si](C)(C)C)[Si](Cl)=Nc1c(C(C)C)cccc1C(C)C. The number of benzene rings is 2. The van der Waals surface area contributed by atoms with Crippen molar-refractivity contribution in [2.24, 2.45) is 4.63 Å². The van der Waals surface area contributed by atoms with Crippen molar-refractivity contribution in [3.8, 4) is 0 Å². The van der Waals surface area contributed by atoms with Gasteiger partial charge in [0.25, 0.3) is 7.90 Å². The molecule has 150 valence electrons. The molecule has 0 amide bonds. The lowest BCUT2D eigenvalue weighted by molar-refractivity contribution is 0.835. The zero-order chi connectivity index (χ0) is 21.1. The van der Waals surface area contributed by atoms with Crippen molar-refractivity contribution in [3.63, 3.8) is 0 Å². The monoisotopic (exact) mass is 427 g/mol. The van der Waals surface area contributed by atoms with E-state index in [-0.39, 0.29) is 0 Å². The smallest absolute Gasteiger partial charge is 0.265 e. The van der Waals surface area contributed by atoms with Crippen LogP contribution in [0.4, 0.5) is 5.69 Å². The van der Waals surface area contributed by atoms with E-state index < -0.39 is 16.0 Å². The molecule has 2 rings (SSSR count). The second kappa shape index (κ2) is 9.47. The van der Waals surface area contributed by atoms with Crippen LogP contribution in [0, 0.1) is 0 Å². The van der Waals surface area contributed by atoms with E-state index in [0.717, 1.165) is 5.69 Å². The van der Waals surface area contributed by atoms with E-state index >= 15 is 0 Å². The molecule has 4 heteroatoms. The summed E-state index contributed by atoms with van der Waals surface area (Å²) in [4.78, 5) is 0. The Hall–Kier alpha value is -1.30. The second-order valence-corrected chi connectivity index (χ2v) is 16.7. The van der Waals surface area contributed by atoms with E-state index in [1.165, 1.54) is 27.1 Å². The number of hydrogen-bond acceptors (Lipinski definition) is 1. The third-order valence-corrected chi connectivity index (χ3v) is 9.86. The van der Waals surface area contributed by atoms with Gasteiger partial charge in [0.15, 0.2) is 0 Å². The van der Waals surface area contributed by atoms with Crippen LogP contribution in [0.1, 0.15) is 63.1 Å². The highest BCUT2D eigenvalue weighted by molar-refractivity contribution is 7.07. The lowest BCUT2D eigenvalue weighted by Crippen LogP contribution is -2.25. The minimum absolute atomic E-state index is 0.429. The lowest BCUT2D eigenvalue weighted by atomic mass is 9.93. The molecule has 2 aromatic rings. The Morgan fingerprint density at radius 2 is 1.36 bits per heavy atom. The average Bonchev–Trinajstić information content (AvgIpc) is 2.61. The van der Waals surface area contributed by atoms with Gasteiger partial charge in [-0.25, -0.2) is 0 Å². The molecule has 28 heavy (non-hydrogen) atoms. The number of hydrogen-bond donors (Lipinski definition) is 0. The molecule has 0 unspecified atom stereocenters. The molecule has 0 aromatic heterocycles. The van der Waals surface area contributed by atoms with Gasteiger partial charge in [0, 0.05) is 0 Å². The van der Waals surface area contributed by atoms with Gasteiger partial charge < -0.3 is 0 Å². The van der Waals surface area contributed by atoms with Crippen LogP contribution in [0.2, 0.25) is 19.6 Å². The van der Waals surface area contributed by atoms with Gasteiger partial charge in [0.1, 0.15) is 0 Å². The van der Waals surface area contributed by atoms with E-state index in [2.05, 4.69) is 103 Å². The molecule has 0 heterocycles. The molecule has 0 aliphatic heterocycles. The Labute approximate surface area is 178 Å². The van der Waals surface area contributed by atoms with E-state index in [4.69, 9.17) is 15.7 Å². The van der Waals surface area contributed by atoms with Gasteiger partial charge in [-0.3, -0.25) is 4.63 Å². The number of nitrogens with zero attached hydrogens (tertiary/aromatic N) is 1. The Morgan fingerprint density at radius 1 is 0.857 bits per heavy atom. The summed E-state index contributed by atoms with van der Waals surface area (Å²) in [5.41, 5.74) is 5.03. The Kier molecular flexibility index (Phi) is 7.77. The number of rotatable bonds is 6. The maximum absolute atomic E-state index is 7.07. The van der Waals surface area contributed by atoms with Crippen LogP contribution in [-0.2, 0) is 0 Å². The molecule has 0 aliphatic carbocycles. The topological polar surface area (TPSA) is 12.4 Å². The maximum Gasteiger partial charge on any atom is 0.265 e. The summed E-state index contributed by atoms with van der Waals surface area (Å²) in [6, 6.07) is 17.3. The third-order valence-electron chi connectivity index (χ3n) is 5.05. The predicted molar refractivity (Wildman–Crippen MR) is 131 cm³/mol. The summed E-state index contributed by atoms with van der Waals surface area (Å²) in [7, 11) is -3.13. The standard InChI is InChI=1S/C24H34ClNSi2/c1-17(2)21-15-12-16-22(18(3)4)23(21)26-27(25)19(5)24(28(6,7)8)20-13-10-9-11-14-20/h9-18H,1-8H3/b24-19-,27-26?. The summed E-state index contributed by atoms with van der Waals surface area (Å²) in [5.74, 6) is 0.859. The second-order valence-electron chi connectivity index (χ2n) is 9.11. The van der Waals surface area contributed by atoms with Crippen molar-refractivity contribution < 1.29 is 0 Å². The molecule has 2 aromatic carbocycles. The summed E-state index contributed by atoms with van der Waals surface area (Å²) in [6.45, 7) is 18.3. The van der Waals surface area contributed by atoms with Crippen LogP contribution in [0.5, 0.6) is 0 Å². The molecular formula is C24H34ClNSi2. The Balaban J connectivity index is 2.71. The van der Waals surface area contributed by atoms with Crippen molar-refractivity contribution in [1.29, 1.82) is 0 Å². The lowest BCUT2D eigenvalue weighted by Gasteiger charge is -2.24. The largest absolute Gasteiger partial charge is 0.278 e. The molecule has 0 spiro atoms. The quantitative estimate of drug-likeness (QED) is 0.323. The molecular weight excluding hydrogens is 394 g/mol. The number of halogens is 1. The summed E-state index contributed by atoms with van der Waals surface area (Å²) in [5, 5.41) is 2.74. The third kappa shape index (κ3) is 5.40. The van der Waals surface area contributed by atoms with Crippen molar-refractivity contribution in [2.75, 3.05) is 0 Å². The van der Waals surface area contributed by atoms with Crippen molar-refractivity contribution in [1.82, 2.24) is 0 Å². The van der Waals surface area contributed by atoms with Gasteiger partial charge in [0.05, 0.1) is 13.8 Å². The summed E-state index contributed by atoms with van der Waals surface area (Å²) in [6.07, 6.45) is 0. The normalized spacial score (nSPS) is 13.9. The van der Waals surface area contributed by atoms with Crippen molar-refractivity contribution in [3.05, 3.63) is 70.4 Å². The Morgan fingerprint density at radius 3 is 1.79 bits per heavy atom. The number of allylic oxidation sites excluding steroid dienone is 1. The van der Waals surface area contributed by atoms with E-state index in [0.29, 0.717) is 11.8 Å². The van der Waals surface area contributed by atoms with Gasteiger partial charge >= 0.3 is 0 Å². The zero-order valence-electron chi connectivity index (χ0n) is 18.6. The molecule has 1 nitrogen and oxygen atoms in total. The molecule has 0 saturated carbocycles. The van der Waals surface area contributed by atoms with E-state index in [9.17, 15) is 0 Å². The highest BCUT2D eigenvalue weighted by atomic mass is 35.6. The first-order valence-electron chi connectivity index (χ1n) is 10.2. The Bertz CT molecular complexity index is 849. The molecule has 0 aliphatic rings. The fourth-order valence-electron chi connectivity index (χ4n) is 3.74. The molecule has 0 fully saturated rings. The van der Waals surface area contributed by atoms with Gasteiger partial charge in [-0.2, -0.15) is 0 Å². The average molecular weight is 428 g/mol. The summed E-state index contributed by atoms with van der Waals surface area (Å²) < 4.78 is 5.19. The molecule has 0 saturated heterocycles. The highest BCUT2D eigenvalue weighted by Gasteiger charge is 2.25. The van der Waals surface area contributed by atoms with Crippen LogP contribution in [0.25, 0.3) is 5.20 Å². The first-order valence-corrected chi connectivity index (χ1v) is 16.1. The fraction of sp³-hybridized carbons (Fsp3) is 0.417. The van der Waals surface area contributed by atoms with Gasteiger partial charge in [-0.05, 0) is 40.6 Å². The molecule has 0 atom stereocenters. The van der Waals surface area contributed by atoms with Crippen LogP contribution in [0.15, 0.2) is 58.4 Å². The van der Waals surface area contributed by atoms with E-state index in [1.54, 1.807) is 0 Å². The van der Waals surface area contributed by atoms with Gasteiger partial charge in [0.2, 0.25) is 0 Å². The van der Waals surface area contributed by atoms with Gasteiger partial charge in [-0.1, -0.05) is 101 Å². The van der Waals surface area contributed by atoms with Crippen LogP contribution < -0.4 is 0 Å². The van der Waals surface area contributed by atoms with Crippen LogP contribution in [0.3, 0.4) is 0 Å². The predicted octanol–water partition coefficient (Wildman–Crippen LogP) is 8.45. The molecule has 0 radical (unpaired) electrons. The minimum atomic E-state index is -1.58. The van der Waals surface area contributed by atoms with Crippen LogP contribution >= 0.6 is 11.1 Å². The van der Waals surface area contributed by atoms with Crippen LogP contribution in [-0.4, -0.2) is 16.0 Å². The first-order chi connectivity index (χ1) is 13.0. The van der Waals surface area contributed by atoms with Gasteiger partial charge in [-0.15, -0.1) is 11.1 Å². The van der Waals surface area contributed by atoms with Crippen molar-refractivity contribution in [2.45, 2.75) is 66.1 Å². The molecule has 0 N–H and O–H groups in total.